The highest BCUT2D eigenvalue weighted by Gasteiger charge is 2.14. The maximum Gasteiger partial charge on any atom is 0.174 e. The van der Waals surface area contributed by atoms with Gasteiger partial charge in [0.25, 0.3) is 0 Å². The molecule has 0 aliphatic rings. The first-order valence-corrected chi connectivity index (χ1v) is 6.39. The van der Waals surface area contributed by atoms with Crippen molar-refractivity contribution in [3.8, 4) is 11.3 Å². The number of nitrogens with zero attached hydrogens (tertiary/aromatic N) is 3. The Balaban J connectivity index is 2.31. The third kappa shape index (κ3) is 2.09. The second-order valence-electron chi connectivity index (χ2n) is 4.46. The fourth-order valence-electron chi connectivity index (χ4n) is 2.06. The number of hydrogen-bond donors (Lipinski definition) is 1. The van der Waals surface area contributed by atoms with Crippen LogP contribution in [0.3, 0.4) is 0 Å². The average Bonchev–Trinajstić information content (AvgIpc) is 2.79. The Morgan fingerprint density at radius 3 is 2.68 bits per heavy atom. The normalized spacial score (nSPS) is 12.8. The van der Waals surface area contributed by atoms with Gasteiger partial charge in [-0.3, -0.25) is 0 Å². The summed E-state index contributed by atoms with van der Waals surface area (Å²) >= 11 is 6.09. The van der Waals surface area contributed by atoms with E-state index in [-0.39, 0.29) is 6.04 Å². The Bertz CT molecular complexity index is 719. The number of nitrogens with two attached hydrogens (primary N) is 1. The van der Waals surface area contributed by atoms with Crippen molar-refractivity contribution < 1.29 is 0 Å². The predicted molar refractivity (Wildman–Crippen MR) is 76.0 cm³/mol. The summed E-state index contributed by atoms with van der Waals surface area (Å²) in [5.41, 5.74) is 9.50. The maximum absolute atomic E-state index is 6.09. The molecule has 2 heterocycles. The van der Waals surface area contributed by atoms with Gasteiger partial charge in [-0.15, -0.1) is 0 Å². The minimum Gasteiger partial charge on any atom is -0.324 e. The maximum atomic E-state index is 6.09. The van der Waals surface area contributed by atoms with Gasteiger partial charge in [-0.1, -0.05) is 41.9 Å². The summed E-state index contributed by atoms with van der Waals surface area (Å²) in [6.45, 7) is 1.93. The number of rotatable bonds is 2. The van der Waals surface area contributed by atoms with Crippen molar-refractivity contribution in [2.24, 2.45) is 5.73 Å². The van der Waals surface area contributed by atoms with Crippen molar-refractivity contribution in [1.29, 1.82) is 0 Å². The van der Waals surface area contributed by atoms with Crippen LogP contribution < -0.4 is 5.73 Å². The van der Waals surface area contributed by atoms with Crippen LogP contribution in [-0.2, 0) is 0 Å². The minimum absolute atomic E-state index is 0.130. The summed E-state index contributed by atoms with van der Waals surface area (Å²) in [5.74, 6) is 0. The van der Waals surface area contributed by atoms with Gasteiger partial charge < -0.3 is 5.73 Å². The molecule has 96 valence electrons. The zero-order valence-electron chi connectivity index (χ0n) is 10.4. The Kier molecular flexibility index (Phi) is 2.97. The van der Waals surface area contributed by atoms with Crippen LogP contribution in [0.5, 0.6) is 0 Å². The van der Waals surface area contributed by atoms with Crippen molar-refractivity contribution in [2.45, 2.75) is 13.0 Å². The molecule has 19 heavy (non-hydrogen) atoms. The van der Waals surface area contributed by atoms with Gasteiger partial charge >= 0.3 is 0 Å². The fourth-order valence-corrected chi connectivity index (χ4v) is 2.23. The van der Waals surface area contributed by atoms with E-state index in [1.54, 1.807) is 10.7 Å². The molecule has 0 radical (unpaired) electrons. The second kappa shape index (κ2) is 4.64. The molecule has 0 spiro atoms. The topological polar surface area (TPSA) is 56.2 Å². The van der Waals surface area contributed by atoms with Gasteiger partial charge in [-0.25, -0.2) is 9.50 Å². The Morgan fingerprint density at radius 1 is 1.26 bits per heavy atom. The van der Waals surface area contributed by atoms with Gasteiger partial charge in [-0.2, -0.15) is 5.10 Å². The molecule has 0 aliphatic carbocycles. The summed E-state index contributed by atoms with van der Waals surface area (Å²) in [6, 6.07) is 9.81. The van der Waals surface area contributed by atoms with E-state index in [4.69, 9.17) is 17.3 Å². The molecule has 0 aliphatic heterocycles. The Hall–Kier alpha value is -1.91. The van der Waals surface area contributed by atoms with Crippen LogP contribution in [0.1, 0.15) is 18.5 Å². The highest BCUT2D eigenvalue weighted by Crippen LogP contribution is 2.27. The van der Waals surface area contributed by atoms with E-state index in [0.29, 0.717) is 10.7 Å². The number of aromatic nitrogens is 3. The van der Waals surface area contributed by atoms with Gasteiger partial charge in [0.2, 0.25) is 0 Å². The number of fused-ring (bicyclic) bond motifs is 1. The second-order valence-corrected chi connectivity index (χ2v) is 4.87. The smallest absolute Gasteiger partial charge is 0.174 e. The molecule has 4 nitrogen and oxygen atoms in total. The molecule has 0 saturated carbocycles. The van der Waals surface area contributed by atoms with Crippen LogP contribution in [0.15, 0.2) is 42.7 Å². The zero-order chi connectivity index (χ0) is 13.4. The summed E-state index contributed by atoms with van der Waals surface area (Å²) < 4.78 is 1.66. The molecule has 5 heteroatoms. The number of benzene rings is 1. The first-order valence-electron chi connectivity index (χ1n) is 6.01. The Labute approximate surface area is 115 Å². The van der Waals surface area contributed by atoms with E-state index >= 15 is 0 Å². The van der Waals surface area contributed by atoms with Gasteiger partial charge in [0.05, 0.1) is 11.9 Å². The third-order valence-corrected chi connectivity index (χ3v) is 3.28. The first kappa shape index (κ1) is 12.1. The minimum atomic E-state index is -0.130. The van der Waals surface area contributed by atoms with E-state index in [0.717, 1.165) is 16.8 Å². The molecule has 0 bridgehead atoms. The standard InChI is InChI=1S/C14H13ClN4/c1-9(16)11-8-19-14(12(15)7-17-19)18-13(11)10-5-3-2-4-6-10/h2-9H,16H2,1H3/t9-/m0/s1. The summed E-state index contributed by atoms with van der Waals surface area (Å²) in [5, 5.41) is 4.70. The molecule has 1 atom stereocenters. The lowest BCUT2D eigenvalue weighted by Crippen LogP contribution is -2.10. The molecular weight excluding hydrogens is 260 g/mol. The molecular formula is C14H13ClN4. The molecule has 0 saturated heterocycles. The summed E-state index contributed by atoms with van der Waals surface area (Å²) in [7, 11) is 0. The summed E-state index contributed by atoms with van der Waals surface area (Å²) in [6.07, 6.45) is 3.48. The van der Waals surface area contributed by atoms with Gasteiger partial charge in [0, 0.05) is 23.4 Å². The Morgan fingerprint density at radius 2 is 2.00 bits per heavy atom. The van der Waals surface area contributed by atoms with Gasteiger partial charge in [0.1, 0.15) is 5.02 Å². The average molecular weight is 273 g/mol. The van der Waals surface area contributed by atoms with Gasteiger partial charge in [-0.05, 0) is 6.92 Å². The lowest BCUT2D eigenvalue weighted by atomic mass is 10.0. The lowest BCUT2D eigenvalue weighted by molar-refractivity contribution is 0.790. The monoisotopic (exact) mass is 272 g/mol. The molecule has 1 aromatic carbocycles. The van der Waals surface area contributed by atoms with E-state index in [9.17, 15) is 0 Å². The largest absolute Gasteiger partial charge is 0.324 e. The van der Waals surface area contributed by atoms with E-state index < -0.39 is 0 Å². The van der Waals surface area contributed by atoms with Crippen LogP contribution in [0.25, 0.3) is 16.9 Å². The fraction of sp³-hybridized carbons (Fsp3) is 0.143. The quantitative estimate of drug-likeness (QED) is 0.780. The van der Waals surface area contributed by atoms with E-state index in [1.165, 1.54) is 0 Å². The number of hydrogen-bond acceptors (Lipinski definition) is 3. The molecule has 2 N–H and O–H groups in total. The van der Waals surface area contributed by atoms with E-state index in [1.807, 2.05) is 43.5 Å². The van der Waals surface area contributed by atoms with Gasteiger partial charge in [0.15, 0.2) is 5.65 Å². The van der Waals surface area contributed by atoms with Crippen molar-refractivity contribution in [1.82, 2.24) is 14.6 Å². The highest BCUT2D eigenvalue weighted by atomic mass is 35.5. The molecule has 0 unspecified atom stereocenters. The van der Waals surface area contributed by atoms with Crippen molar-refractivity contribution in [3.05, 3.63) is 53.3 Å². The molecule has 2 aromatic heterocycles. The van der Waals surface area contributed by atoms with Crippen molar-refractivity contribution in [3.63, 3.8) is 0 Å². The van der Waals surface area contributed by atoms with Crippen LogP contribution in [0.4, 0.5) is 0 Å². The molecule has 3 rings (SSSR count). The molecule has 0 fully saturated rings. The summed E-state index contributed by atoms with van der Waals surface area (Å²) in [4.78, 5) is 4.61. The van der Waals surface area contributed by atoms with Crippen LogP contribution in [-0.4, -0.2) is 14.6 Å². The van der Waals surface area contributed by atoms with E-state index in [2.05, 4.69) is 10.1 Å². The zero-order valence-corrected chi connectivity index (χ0v) is 11.2. The first-order chi connectivity index (χ1) is 9.16. The SMILES string of the molecule is C[C@H](N)c1cn2ncc(Cl)c2nc1-c1ccccc1. The number of halogens is 1. The van der Waals surface area contributed by atoms with Crippen LogP contribution >= 0.6 is 11.6 Å². The highest BCUT2D eigenvalue weighted by molar-refractivity contribution is 6.33. The third-order valence-electron chi connectivity index (χ3n) is 3.02. The van der Waals surface area contributed by atoms with Crippen molar-refractivity contribution in [2.75, 3.05) is 0 Å². The molecule has 0 amide bonds. The van der Waals surface area contributed by atoms with Crippen molar-refractivity contribution >= 4 is 17.2 Å². The molecule has 3 aromatic rings. The lowest BCUT2D eigenvalue weighted by Gasteiger charge is -2.12. The van der Waals surface area contributed by atoms with Crippen LogP contribution in [0.2, 0.25) is 5.02 Å². The predicted octanol–water partition coefficient (Wildman–Crippen LogP) is 3.07. The van der Waals surface area contributed by atoms with Crippen LogP contribution in [0, 0.1) is 0 Å².